The van der Waals surface area contributed by atoms with Gasteiger partial charge in [0.05, 0.1) is 18.0 Å². The Balaban J connectivity index is 2.02. The fraction of sp³-hybridized carbons (Fsp3) is 0.440. The Morgan fingerprint density at radius 2 is 1.94 bits per heavy atom. The summed E-state index contributed by atoms with van der Waals surface area (Å²) in [5.74, 6) is 0.446. The zero-order valence-electron chi connectivity index (χ0n) is 20.0. The molecular weight excluding hydrogens is 474 g/mol. The Labute approximate surface area is 210 Å². The van der Waals surface area contributed by atoms with Gasteiger partial charge in [0.2, 0.25) is 0 Å². The van der Waals surface area contributed by atoms with Crippen molar-refractivity contribution in [2.24, 2.45) is 0 Å². The average molecular weight is 506 g/mol. The van der Waals surface area contributed by atoms with E-state index in [9.17, 15) is 9.59 Å². The van der Waals surface area contributed by atoms with Gasteiger partial charge in [0.1, 0.15) is 5.75 Å². The van der Waals surface area contributed by atoms with Crippen molar-refractivity contribution in [2.75, 3.05) is 45.7 Å². The summed E-state index contributed by atoms with van der Waals surface area (Å²) in [6, 6.07) is 13.0. The van der Waals surface area contributed by atoms with E-state index in [-0.39, 0.29) is 5.91 Å². The number of benzene rings is 2. The summed E-state index contributed by atoms with van der Waals surface area (Å²) in [6.45, 7) is 3.65. The minimum Gasteiger partial charge on any atom is -0.497 e. The fourth-order valence-electron chi connectivity index (χ4n) is 3.61. The van der Waals surface area contributed by atoms with E-state index in [1.54, 1.807) is 18.1 Å². The lowest BCUT2D eigenvalue weighted by molar-refractivity contribution is -0.126. The number of halogens is 1. The lowest BCUT2D eigenvalue weighted by Gasteiger charge is -2.28. The van der Waals surface area contributed by atoms with Gasteiger partial charge >= 0.3 is 6.09 Å². The number of fused-ring (bicyclic) bond motifs is 1. The Kier molecular flexibility index (Phi) is 9.50. The number of methoxy groups -OCH3 is 1. The third-order valence-electron chi connectivity index (χ3n) is 5.50. The smallest absolute Gasteiger partial charge is 0.407 e. The summed E-state index contributed by atoms with van der Waals surface area (Å²) in [5.41, 5.74) is 1.61. The van der Waals surface area contributed by atoms with Gasteiger partial charge in [-0.3, -0.25) is 4.79 Å². The first-order valence-electron chi connectivity index (χ1n) is 11.3. The lowest BCUT2D eigenvalue weighted by Crippen LogP contribution is -2.46. The van der Waals surface area contributed by atoms with Crippen LogP contribution in [0.2, 0.25) is 5.02 Å². The number of carbonyl (C=O) groups is 2. The van der Waals surface area contributed by atoms with Gasteiger partial charge in [-0.05, 0) is 56.4 Å². The second-order valence-corrected chi connectivity index (χ2v) is 9.94. The number of unbranched alkanes of at least 4 members (excludes halogenated alkanes) is 1. The van der Waals surface area contributed by atoms with E-state index in [4.69, 9.17) is 21.1 Å². The molecule has 2 atom stereocenters. The summed E-state index contributed by atoms with van der Waals surface area (Å²) >= 11 is 7.80. The van der Waals surface area contributed by atoms with Crippen LogP contribution < -0.4 is 15.0 Å². The Morgan fingerprint density at radius 3 is 2.59 bits per heavy atom. The van der Waals surface area contributed by atoms with Crippen molar-refractivity contribution < 1.29 is 19.1 Å². The van der Waals surface area contributed by atoms with Gasteiger partial charge in [0.15, 0.2) is 6.10 Å². The highest BCUT2D eigenvalue weighted by Gasteiger charge is 2.41. The normalized spacial score (nSPS) is 17.8. The minimum atomic E-state index is -1.02. The van der Waals surface area contributed by atoms with Crippen molar-refractivity contribution in [3.8, 4) is 5.75 Å². The quantitative estimate of drug-likeness (QED) is 0.484. The van der Waals surface area contributed by atoms with E-state index in [1.165, 1.54) is 11.8 Å². The zero-order valence-corrected chi connectivity index (χ0v) is 21.6. The van der Waals surface area contributed by atoms with Gasteiger partial charge in [-0.2, -0.15) is 0 Å². The maximum Gasteiger partial charge on any atom is 0.407 e. The van der Waals surface area contributed by atoms with Crippen LogP contribution in [0.4, 0.5) is 10.5 Å². The van der Waals surface area contributed by atoms with Crippen molar-refractivity contribution in [3.63, 3.8) is 0 Å². The lowest BCUT2D eigenvalue weighted by atomic mass is 10.1. The van der Waals surface area contributed by atoms with Crippen molar-refractivity contribution >= 4 is 41.1 Å². The molecule has 2 amide bonds. The minimum absolute atomic E-state index is 0.262. The first kappa shape index (κ1) is 26.2. The molecule has 2 aromatic rings. The maximum absolute atomic E-state index is 13.9. The predicted molar refractivity (Wildman–Crippen MR) is 137 cm³/mol. The van der Waals surface area contributed by atoms with Crippen LogP contribution in [0, 0.1) is 0 Å². The maximum atomic E-state index is 13.9. The first-order chi connectivity index (χ1) is 16.3. The highest BCUT2D eigenvalue weighted by atomic mass is 35.5. The molecule has 3 rings (SSSR count). The molecule has 0 aromatic heterocycles. The van der Waals surface area contributed by atoms with Gasteiger partial charge in [-0.25, -0.2) is 4.79 Å². The van der Waals surface area contributed by atoms with Crippen molar-refractivity contribution in [1.82, 2.24) is 10.2 Å². The van der Waals surface area contributed by atoms with Gasteiger partial charge < -0.3 is 24.6 Å². The molecular formula is C25H32ClN3O4S. The largest absolute Gasteiger partial charge is 0.497 e. The van der Waals surface area contributed by atoms with Gasteiger partial charge in [-0.1, -0.05) is 37.1 Å². The number of nitrogens with zero attached hydrogens (tertiary/aromatic N) is 2. The second kappa shape index (κ2) is 12.3. The number of ether oxygens (including phenoxy) is 2. The molecule has 1 heterocycles. The Hall–Kier alpha value is -2.42. The first-order valence-corrected chi connectivity index (χ1v) is 12.6. The Morgan fingerprint density at radius 1 is 1.21 bits per heavy atom. The third-order valence-corrected chi connectivity index (χ3v) is 7.09. The standard InChI is InChI=1S/C25H32ClN3O4S/c1-5-6-13-27-25(31)33-22-23(17-7-10-19(32-4)11-8-17)34-21-16-18(26)9-12-20(21)29(24(22)30)15-14-28(2)3/h7-12,16,22-23H,5-6,13-15H2,1-4H3,(H,27,31)/t22?,23-/m0/s1. The van der Waals surface area contributed by atoms with Crippen LogP contribution in [0.3, 0.4) is 0 Å². The Bertz CT molecular complexity index is 987. The van der Waals surface area contributed by atoms with Crippen LogP contribution in [0.5, 0.6) is 5.75 Å². The average Bonchev–Trinajstić information content (AvgIpc) is 2.92. The number of nitrogens with one attached hydrogen (secondary N) is 1. The number of hydrogen-bond acceptors (Lipinski definition) is 6. The molecule has 9 heteroatoms. The number of carbonyl (C=O) groups excluding carboxylic acids is 2. The predicted octanol–water partition coefficient (Wildman–Crippen LogP) is 4.99. The molecule has 1 aliphatic rings. The van der Waals surface area contributed by atoms with Crippen molar-refractivity contribution in [3.05, 3.63) is 53.1 Å². The third kappa shape index (κ3) is 6.58. The number of rotatable bonds is 9. The van der Waals surface area contributed by atoms with Crippen LogP contribution in [-0.4, -0.2) is 63.8 Å². The zero-order chi connectivity index (χ0) is 24.7. The molecule has 7 nitrogen and oxygen atoms in total. The summed E-state index contributed by atoms with van der Waals surface area (Å²) < 4.78 is 11.1. The highest BCUT2D eigenvalue weighted by molar-refractivity contribution is 7.99. The van der Waals surface area contributed by atoms with Gasteiger partial charge in [0.25, 0.3) is 5.91 Å². The van der Waals surface area contributed by atoms with E-state index in [1.807, 2.05) is 62.3 Å². The van der Waals surface area contributed by atoms with Gasteiger partial charge in [0, 0.05) is 29.6 Å². The van der Waals surface area contributed by atoms with E-state index >= 15 is 0 Å². The molecule has 0 saturated heterocycles. The number of alkyl carbamates (subject to hydrolysis) is 1. The molecule has 2 aromatic carbocycles. The van der Waals surface area contributed by atoms with Crippen LogP contribution in [0.1, 0.15) is 30.6 Å². The number of likely N-dealkylation sites (N-methyl/N-ethyl adjacent to an activating group) is 1. The summed E-state index contributed by atoms with van der Waals surface area (Å²) in [5, 5.41) is 2.89. The fourth-order valence-corrected chi connectivity index (χ4v) is 5.20. The molecule has 184 valence electrons. The molecule has 34 heavy (non-hydrogen) atoms. The summed E-state index contributed by atoms with van der Waals surface area (Å²) in [6.07, 6.45) is 0.167. The molecule has 1 N–H and O–H groups in total. The molecule has 0 radical (unpaired) electrons. The van der Waals surface area contributed by atoms with E-state index < -0.39 is 17.4 Å². The molecule has 0 bridgehead atoms. The second-order valence-electron chi connectivity index (χ2n) is 8.32. The van der Waals surface area contributed by atoms with Crippen LogP contribution in [-0.2, 0) is 9.53 Å². The highest BCUT2D eigenvalue weighted by Crippen LogP contribution is 2.47. The number of thioether (sulfide) groups is 1. The molecule has 0 saturated carbocycles. The monoisotopic (exact) mass is 505 g/mol. The van der Waals surface area contributed by atoms with Crippen LogP contribution in [0.15, 0.2) is 47.4 Å². The van der Waals surface area contributed by atoms with Gasteiger partial charge in [-0.15, -0.1) is 11.8 Å². The molecule has 1 unspecified atom stereocenters. The van der Waals surface area contributed by atoms with E-state index in [0.717, 1.165) is 29.0 Å². The van der Waals surface area contributed by atoms with E-state index in [2.05, 4.69) is 5.32 Å². The molecule has 1 aliphatic heterocycles. The SMILES string of the molecule is CCCCNC(=O)OC1C(=O)N(CCN(C)C)c2ccc(Cl)cc2S[C@H]1c1ccc(OC)cc1. The van der Waals surface area contributed by atoms with Crippen molar-refractivity contribution in [1.29, 1.82) is 0 Å². The van der Waals surface area contributed by atoms with Crippen molar-refractivity contribution in [2.45, 2.75) is 36.0 Å². The topological polar surface area (TPSA) is 71.1 Å². The molecule has 0 fully saturated rings. The van der Waals surface area contributed by atoms with Crippen LogP contribution in [0.25, 0.3) is 0 Å². The summed E-state index contributed by atoms with van der Waals surface area (Å²) in [7, 11) is 5.51. The summed E-state index contributed by atoms with van der Waals surface area (Å²) in [4.78, 5) is 31.1. The number of hydrogen-bond donors (Lipinski definition) is 1. The molecule has 0 spiro atoms. The van der Waals surface area contributed by atoms with Crippen LogP contribution >= 0.6 is 23.4 Å². The number of anilines is 1. The molecule has 0 aliphatic carbocycles. The number of amides is 2. The van der Waals surface area contributed by atoms with E-state index in [0.29, 0.717) is 30.4 Å².